The monoisotopic (exact) mass is 215 g/mol. The van der Waals surface area contributed by atoms with Gasteiger partial charge in [0, 0.05) is 0 Å². The van der Waals surface area contributed by atoms with Crippen LogP contribution in [0.3, 0.4) is 0 Å². The first kappa shape index (κ1) is 10.2. The zero-order chi connectivity index (χ0) is 11.5. The Labute approximate surface area is 91.1 Å². The molecular formula is C11H9N3O2. The summed E-state index contributed by atoms with van der Waals surface area (Å²) in [5.74, 6) is -0.459. The second-order valence-electron chi connectivity index (χ2n) is 3.25. The van der Waals surface area contributed by atoms with E-state index in [0.717, 1.165) is 0 Å². The first-order valence-electron chi connectivity index (χ1n) is 4.66. The standard InChI is InChI=1S/C11H9N3O2/c1-12-10(15)6-14-7-13-9-5-3-2-4-8(9)11(14)16/h2-5,7H,1,6H2. The highest BCUT2D eigenvalue weighted by Crippen LogP contribution is 2.04. The molecule has 2 aromatic rings. The van der Waals surface area contributed by atoms with E-state index in [9.17, 15) is 9.59 Å². The minimum atomic E-state index is -0.459. The summed E-state index contributed by atoms with van der Waals surface area (Å²) in [5.41, 5.74) is 0.366. The predicted octanol–water partition coefficient (Wildman–Crippen LogP) is 0.624. The second-order valence-corrected chi connectivity index (χ2v) is 3.25. The summed E-state index contributed by atoms with van der Waals surface area (Å²) in [7, 11) is 0. The SMILES string of the molecule is C=NC(=O)Cn1cnc2ccccc2c1=O. The van der Waals surface area contributed by atoms with Gasteiger partial charge in [0.1, 0.15) is 6.54 Å². The summed E-state index contributed by atoms with van der Waals surface area (Å²) in [4.78, 5) is 30.2. The lowest BCUT2D eigenvalue weighted by Gasteiger charge is -2.03. The highest BCUT2D eigenvalue weighted by Gasteiger charge is 2.05. The number of carbonyl (C=O) groups is 1. The van der Waals surface area contributed by atoms with Crippen LogP contribution >= 0.6 is 0 Å². The molecule has 1 aromatic carbocycles. The van der Waals surface area contributed by atoms with Gasteiger partial charge in [0.05, 0.1) is 17.2 Å². The molecule has 0 unspecified atom stereocenters. The molecule has 1 heterocycles. The molecule has 0 radical (unpaired) electrons. The van der Waals surface area contributed by atoms with E-state index in [2.05, 4.69) is 16.7 Å². The molecule has 0 saturated carbocycles. The number of rotatable bonds is 2. The lowest BCUT2D eigenvalue weighted by Crippen LogP contribution is -2.23. The molecule has 5 nitrogen and oxygen atoms in total. The van der Waals surface area contributed by atoms with Gasteiger partial charge in [-0.25, -0.2) is 9.98 Å². The van der Waals surface area contributed by atoms with Crippen LogP contribution in [0.15, 0.2) is 40.4 Å². The minimum absolute atomic E-state index is 0.125. The van der Waals surface area contributed by atoms with Crippen LogP contribution in [0.2, 0.25) is 0 Å². The maximum Gasteiger partial charge on any atom is 0.265 e. The van der Waals surface area contributed by atoms with Crippen LogP contribution in [0, 0.1) is 0 Å². The zero-order valence-corrected chi connectivity index (χ0v) is 8.46. The van der Waals surface area contributed by atoms with Crippen molar-refractivity contribution in [2.75, 3.05) is 0 Å². The predicted molar refractivity (Wildman–Crippen MR) is 60.6 cm³/mol. The second kappa shape index (κ2) is 4.06. The highest BCUT2D eigenvalue weighted by molar-refractivity contribution is 5.81. The Morgan fingerprint density at radius 3 is 2.94 bits per heavy atom. The highest BCUT2D eigenvalue weighted by atomic mass is 16.2. The molecule has 80 valence electrons. The summed E-state index contributed by atoms with van der Waals surface area (Å²) >= 11 is 0. The van der Waals surface area contributed by atoms with E-state index in [1.54, 1.807) is 24.3 Å². The average molecular weight is 215 g/mol. The molecule has 0 spiro atoms. The van der Waals surface area contributed by atoms with Gasteiger partial charge in [-0.2, -0.15) is 0 Å². The topological polar surface area (TPSA) is 64.3 Å². The Bertz CT molecular complexity index is 616. The summed E-state index contributed by atoms with van der Waals surface area (Å²) in [6, 6.07) is 6.97. The molecule has 0 N–H and O–H groups in total. The maximum absolute atomic E-state index is 11.9. The molecule has 0 atom stereocenters. The van der Waals surface area contributed by atoms with Crippen molar-refractivity contribution in [3.8, 4) is 0 Å². The Kier molecular flexibility index (Phi) is 2.59. The van der Waals surface area contributed by atoms with Crippen LogP contribution in [-0.2, 0) is 11.3 Å². The van der Waals surface area contributed by atoms with Crippen LogP contribution in [0.5, 0.6) is 0 Å². The third-order valence-corrected chi connectivity index (χ3v) is 2.21. The molecule has 16 heavy (non-hydrogen) atoms. The number of hydrogen-bond acceptors (Lipinski definition) is 3. The third kappa shape index (κ3) is 1.75. The smallest absolute Gasteiger partial charge is 0.265 e. The van der Waals surface area contributed by atoms with Crippen LogP contribution in [0.4, 0.5) is 0 Å². The van der Waals surface area contributed by atoms with Gasteiger partial charge < -0.3 is 0 Å². The lowest BCUT2D eigenvalue weighted by molar-refractivity contribution is -0.118. The molecule has 1 amide bonds. The number of benzene rings is 1. The number of para-hydroxylation sites is 1. The maximum atomic E-state index is 11.9. The van der Waals surface area contributed by atoms with Crippen LogP contribution in [0.25, 0.3) is 10.9 Å². The number of fused-ring (bicyclic) bond motifs is 1. The number of amides is 1. The van der Waals surface area contributed by atoms with Gasteiger partial charge in [-0.05, 0) is 18.9 Å². The van der Waals surface area contributed by atoms with Gasteiger partial charge >= 0.3 is 0 Å². The molecule has 0 aliphatic carbocycles. The van der Waals surface area contributed by atoms with Gasteiger partial charge in [-0.1, -0.05) is 12.1 Å². The van der Waals surface area contributed by atoms with Crippen molar-refractivity contribution in [3.05, 3.63) is 40.9 Å². The number of carbonyl (C=O) groups excluding carboxylic acids is 1. The molecule has 0 bridgehead atoms. The fourth-order valence-corrected chi connectivity index (χ4v) is 1.41. The fraction of sp³-hybridized carbons (Fsp3) is 0.0909. The first-order chi connectivity index (χ1) is 7.72. The molecular weight excluding hydrogens is 206 g/mol. The summed E-state index contributed by atoms with van der Waals surface area (Å²) in [5, 5.41) is 0.488. The Morgan fingerprint density at radius 1 is 1.44 bits per heavy atom. The van der Waals surface area contributed by atoms with E-state index in [0.29, 0.717) is 10.9 Å². The fourth-order valence-electron chi connectivity index (χ4n) is 1.41. The van der Waals surface area contributed by atoms with Crippen molar-refractivity contribution in [2.45, 2.75) is 6.54 Å². The number of nitrogens with zero attached hydrogens (tertiary/aromatic N) is 3. The normalized spacial score (nSPS) is 10.2. The van der Waals surface area contributed by atoms with Crippen molar-refractivity contribution in [3.63, 3.8) is 0 Å². The van der Waals surface area contributed by atoms with E-state index < -0.39 is 5.91 Å². The van der Waals surface area contributed by atoms with E-state index in [-0.39, 0.29) is 12.1 Å². The van der Waals surface area contributed by atoms with E-state index in [4.69, 9.17) is 0 Å². The Hall–Kier alpha value is -2.30. The van der Waals surface area contributed by atoms with Crippen LogP contribution in [-0.4, -0.2) is 22.2 Å². The van der Waals surface area contributed by atoms with Gasteiger partial charge in [0.2, 0.25) is 0 Å². The largest absolute Gasteiger partial charge is 0.289 e. The van der Waals surface area contributed by atoms with Crippen molar-refractivity contribution in [1.82, 2.24) is 9.55 Å². The van der Waals surface area contributed by atoms with Gasteiger partial charge in [-0.3, -0.25) is 14.2 Å². The molecule has 0 aliphatic rings. The zero-order valence-electron chi connectivity index (χ0n) is 8.46. The Balaban J connectivity index is 2.57. The third-order valence-electron chi connectivity index (χ3n) is 2.21. The molecule has 2 rings (SSSR count). The molecule has 5 heteroatoms. The summed E-state index contributed by atoms with van der Waals surface area (Å²) in [6.07, 6.45) is 1.34. The van der Waals surface area contributed by atoms with E-state index in [1.807, 2.05) is 0 Å². The number of aliphatic imine (C=N–C) groups is 1. The molecule has 0 saturated heterocycles. The van der Waals surface area contributed by atoms with Crippen molar-refractivity contribution >= 4 is 23.5 Å². The molecule has 0 fully saturated rings. The van der Waals surface area contributed by atoms with Gasteiger partial charge in [-0.15, -0.1) is 0 Å². The Morgan fingerprint density at radius 2 is 2.19 bits per heavy atom. The quantitative estimate of drug-likeness (QED) is 0.690. The molecule has 0 aliphatic heterocycles. The van der Waals surface area contributed by atoms with Crippen LogP contribution < -0.4 is 5.56 Å². The van der Waals surface area contributed by atoms with Crippen molar-refractivity contribution in [2.24, 2.45) is 4.99 Å². The van der Waals surface area contributed by atoms with Crippen LogP contribution in [0.1, 0.15) is 0 Å². The number of hydrogen-bond donors (Lipinski definition) is 0. The van der Waals surface area contributed by atoms with Gasteiger partial charge in [0.25, 0.3) is 11.5 Å². The minimum Gasteiger partial charge on any atom is -0.289 e. The van der Waals surface area contributed by atoms with Crippen molar-refractivity contribution in [1.29, 1.82) is 0 Å². The lowest BCUT2D eigenvalue weighted by atomic mass is 10.2. The number of aromatic nitrogens is 2. The van der Waals surface area contributed by atoms with Crippen molar-refractivity contribution < 1.29 is 4.79 Å². The van der Waals surface area contributed by atoms with E-state index >= 15 is 0 Å². The first-order valence-corrected chi connectivity index (χ1v) is 4.66. The van der Waals surface area contributed by atoms with Gasteiger partial charge in [0.15, 0.2) is 0 Å². The van der Waals surface area contributed by atoms with E-state index in [1.165, 1.54) is 10.9 Å². The average Bonchev–Trinajstić information content (AvgIpc) is 2.33. The summed E-state index contributed by atoms with van der Waals surface area (Å²) in [6.45, 7) is 2.99. The summed E-state index contributed by atoms with van der Waals surface area (Å²) < 4.78 is 1.22. The molecule has 1 aromatic heterocycles.